The molecule has 1 aliphatic heterocycles. The summed E-state index contributed by atoms with van der Waals surface area (Å²) in [5.74, 6) is 1.38. The standard InChI is InChI=1S/C22H27N5O4S/c1-2-30-14-10-20(28)26-21(32)24-16-5-7-17(8-6-16)31-18-9-11-23-19(15-18)25-22(29)27-12-3-4-13-27/h5-9,11,15H,2-4,10,12-14H2,1H3,(H,23,25,29)(H2,24,26,28,32). The fourth-order valence-corrected chi connectivity index (χ4v) is 3.29. The van der Waals surface area contributed by atoms with Gasteiger partial charge in [0.05, 0.1) is 13.0 Å². The molecule has 170 valence electrons. The minimum absolute atomic E-state index is 0.150. The average molecular weight is 458 g/mol. The van der Waals surface area contributed by atoms with E-state index in [0.717, 1.165) is 25.9 Å². The van der Waals surface area contributed by atoms with Gasteiger partial charge in [0, 0.05) is 37.6 Å². The van der Waals surface area contributed by atoms with Crippen molar-refractivity contribution < 1.29 is 19.1 Å². The Bertz CT molecular complexity index is 932. The van der Waals surface area contributed by atoms with Gasteiger partial charge < -0.3 is 25.0 Å². The maximum atomic E-state index is 12.2. The summed E-state index contributed by atoms with van der Waals surface area (Å²) in [6.07, 6.45) is 3.88. The van der Waals surface area contributed by atoms with Crippen molar-refractivity contribution in [3.8, 4) is 11.5 Å². The summed E-state index contributed by atoms with van der Waals surface area (Å²) in [6, 6.07) is 10.3. The summed E-state index contributed by atoms with van der Waals surface area (Å²) in [5, 5.41) is 8.58. The van der Waals surface area contributed by atoms with Crippen LogP contribution in [-0.2, 0) is 9.53 Å². The minimum atomic E-state index is -0.207. The van der Waals surface area contributed by atoms with Crippen molar-refractivity contribution in [3.05, 3.63) is 42.6 Å². The van der Waals surface area contributed by atoms with Crippen molar-refractivity contribution in [2.75, 3.05) is 36.9 Å². The Balaban J connectivity index is 1.49. The molecule has 2 aromatic rings. The first-order chi connectivity index (χ1) is 15.5. The molecular formula is C22H27N5O4S. The van der Waals surface area contributed by atoms with Crippen molar-refractivity contribution >= 4 is 40.8 Å². The van der Waals surface area contributed by atoms with Gasteiger partial charge in [0.15, 0.2) is 5.11 Å². The van der Waals surface area contributed by atoms with Gasteiger partial charge in [0.2, 0.25) is 5.91 Å². The summed E-state index contributed by atoms with van der Waals surface area (Å²) in [6.45, 7) is 4.33. The third kappa shape index (κ3) is 7.47. The molecule has 10 heteroatoms. The fraction of sp³-hybridized carbons (Fsp3) is 0.364. The third-order valence-corrected chi connectivity index (χ3v) is 4.84. The summed E-state index contributed by atoms with van der Waals surface area (Å²) in [7, 11) is 0. The van der Waals surface area contributed by atoms with E-state index in [1.165, 1.54) is 0 Å². The lowest BCUT2D eigenvalue weighted by Crippen LogP contribution is -2.34. The molecule has 32 heavy (non-hydrogen) atoms. The number of rotatable bonds is 8. The lowest BCUT2D eigenvalue weighted by Gasteiger charge is -2.16. The van der Waals surface area contributed by atoms with Gasteiger partial charge in [-0.05, 0) is 62.3 Å². The monoisotopic (exact) mass is 457 g/mol. The molecule has 3 amide bonds. The number of hydrogen-bond donors (Lipinski definition) is 3. The second-order valence-corrected chi connectivity index (χ2v) is 7.49. The number of hydrogen-bond acceptors (Lipinski definition) is 6. The number of nitrogens with one attached hydrogen (secondary N) is 3. The van der Waals surface area contributed by atoms with E-state index >= 15 is 0 Å². The van der Waals surface area contributed by atoms with Gasteiger partial charge in [-0.3, -0.25) is 10.1 Å². The first-order valence-corrected chi connectivity index (χ1v) is 10.9. The van der Waals surface area contributed by atoms with E-state index in [1.807, 2.05) is 6.92 Å². The zero-order chi connectivity index (χ0) is 22.8. The summed E-state index contributed by atoms with van der Waals surface area (Å²) < 4.78 is 11.0. The van der Waals surface area contributed by atoms with Crippen LogP contribution in [0.1, 0.15) is 26.2 Å². The predicted octanol–water partition coefficient (Wildman–Crippen LogP) is 3.74. The number of thiocarbonyl (C=S) groups is 1. The molecule has 1 fully saturated rings. The van der Waals surface area contributed by atoms with Crippen LogP contribution < -0.4 is 20.7 Å². The number of pyridine rings is 1. The highest BCUT2D eigenvalue weighted by Gasteiger charge is 2.18. The molecule has 3 N–H and O–H groups in total. The van der Waals surface area contributed by atoms with Gasteiger partial charge >= 0.3 is 6.03 Å². The molecule has 2 heterocycles. The predicted molar refractivity (Wildman–Crippen MR) is 126 cm³/mol. The van der Waals surface area contributed by atoms with E-state index in [0.29, 0.717) is 36.2 Å². The Morgan fingerprint density at radius 2 is 1.84 bits per heavy atom. The minimum Gasteiger partial charge on any atom is -0.457 e. The van der Waals surface area contributed by atoms with E-state index in [1.54, 1.807) is 47.5 Å². The van der Waals surface area contributed by atoms with Gasteiger partial charge in [0.25, 0.3) is 0 Å². The Labute approximate surface area is 192 Å². The lowest BCUT2D eigenvalue weighted by molar-refractivity contribution is -0.120. The van der Waals surface area contributed by atoms with Gasteiger partial charge in [-0.1, -0.05) is 0 Å². The van der Waals surface area contributed by atoms with Crippen LogP contribution in [-0.4, -0.2) is 53.2 Å². The topological polar surface area (TPSA) is 105 Å². The zero-order valence-corrected chi connectivity index (χ0v) is 18.7. The number of ether oxygens (including phenoxy) is 2. The summed E-state index contributed by atoms with van der Waals surface area (Å²) in [5.41, 5.74) is 0.709. The normalized spacial score (nSPS) is 12.8. The molecule has 0 bridgehead atoms. The molecule has 3 rings (SSSR count). The summed E-state index contributed by atoms with van der Waals surface area (Å²) in [4.78, 5) is 30.0. The van der Waals surface area contributed by atoms with Gasteiger partial charge in [-0.15, -0.1) is 0 Å². The van der Waals surface area contributed by atoms with Gasteiger partial charge in [0.1, 0.15) is 17.3 Å². The number of anilines is 2. The van der Waals surface area contributed by atoms with E-state index in [2.05, 4.69) is 20.9 Å². The van der Waals surface area contributed by atoms with E-state index in [-0.39, 0.29) is 23.5 Å². The maximum Gasteiger partial charge on any atom is 0.323 e. The van der Waals surface area contributed by atoms with E-state index in [4.69, 9.17) is 21.7 Å². The highest BCUT2D eigenvalue weighted by molar-refractivity contribution is 7.80. The Morgan fingerprint density at radius 3 is 2.56 bits per heavy atom. The number of likely N-dealkylation sites (tertiary alicyclic amines) is 1. The molecule has 0 unspecified atom stereocenters. The molecule has 0 saturated carbocycles. The smallest absolute Gasteiger partial charge is 0.323 e. The number of amides is 3. The average Bonchev–Trinajstić information content (AvgIpc) is 3.31. The summed E-state index contributed by atoms with van der Waals surface area (Å²) >= 11 is 5.16. The molecule has 0 aliphatic carbocycles. The second-order valence-electron chi connectivity index (χ2n) is 7.08. The molecule has 1 aromatic heterocycles. The molecule has 1 saturated heterocycles. The number of nitrogens with zero attached hydrogens (tertiary/aromatic N) is 2. The molecule has 1 aliphatic rings. The third-order valence-electron chi connectivity index (χ3n) is 4.64. The van der Waals surface area contributed by atoms with Gasteiger partial charge in [-0.25, -0.2) is 9.78 Å². The zero-order valence-electron chi connectivity index (χ0n) is 17.9. The molecule has 0 atom stereocenters. The quantitative estimate of drug-likeness (QED) is 0.410. The van der Waals surface area contributed by atoms with Crippen molar-refractivity contribution in [1.82, 2.24) is 15.2 Å². The first-order valence-electron chi connectivity index (χ1n) is 10.5. The lowest BCUT2D eigenvalue weighted by atomic mass is 10.3. The number of aromatic nitrogens is 1. The first kappa shape index (κ1) is 23.4. The van der Waals surface area contributed by atoms with Crippen LogP contribution in [0, 0.1) is 0 Å². The van der Waals surface area contributed by atoms with Crippen LogP contribution >= 0.6 is 12.2 Å². The number of urea groups is 1. The Morgan fingerprint density at radius 1 is 1.09 bits per heavy atom. The molecule has 0 radical (unpaired) electrons. The molecule has 1 aromatic carbocycles. The van der Waals surface area contributed by atoms with Crippen molar-refractivity contribution in [3.63, 3.8) is 0 Å². The van der Waals surface area contributed by atoms with Gasteiger partial charge in [-0.2, -0.15) is 0 Å². The maximum absolute atomic E-state index is 12.2. The fourth-order valence-electron chi connectivity index (χ4n) is 3.05. The van der Waals surface area contributed by atoms with E-state index in [9.17, 15) is 9.59 Å². The van der Waals surface area contributed by atoms with Crippen LogP contribution in [0.15, 0.2) is 42.6 Å². The van der Waals surface area contributed by atoms with E-state index < -0.39 is 0 Å². The largest absolute Gasteiger partial charge is 0.457 e. The van der Waals surface area contributed by atoms with Crippen LogP contribution in [0.25, 0.3) is 0 Å². The number of benzene rings is 1. The molecule has 0 spiro atoms. The van der Waals surface area contributed by atoms with Crippen LogP contribution in [0.4, 0.5) is 16.3 Å². The van der Waals surface area contributed by atoms with Crippen molar-refractivity contribution in [2.45, 2.75) is 26.2 Å². The molecular weight excluding hydrogens is 430 g/mol. The van der Waals surface area contributed by atoms with Crippen molar-refractivity contribution in [1.29, 1.82) is 0 Å². The van der Waals surface area contributed by atoms with Crippen molar-refractivity contribution in [2.24, 2.45) is 0 Å². The van der Waals surface area contributed by atoms with Crippen LogP contribution in [0.2, 0.25) is 0 Å². The highest BCUT2D eigenvalue weighted by Crippen LogP contribution is 2.24. The Kier molecular flexibility index (Phi) is 8.76. The SMILES string of the molecule is CCOCCC(=O)NC(=S)Nc1ccc(Oc2ccnc(NC(=O)N3CCCC3)c2)cc1. The Hall–Kier alpha value is -3.24. The highest BCUT2D eigenvalue weighted by atomic mass is 32.1. The second kappa shape index (κ2) is 12.0. The van der Waals surface area contributed by atoms with Crippen LogP contribution in [0.5, 0.6) is 11.5 Å². The molecule has 9 nitrogen and oxygen atoms in total. The number of carbonyl (C=O) groups is 2. The van der Waals surface area contributed by atoms with Crippen LogP contribution in [0.3, 0.4) is 0 Å². The number of carbonyl (C=O) groups excluding carboxylic acids is 2.